The van der Waals surface area contributed by atoms with Crippen molar-refractivity contribution in [2.45, 2.75) is 155 Å². The predicted molar refractivity (Wildman–Crippen MR) is 285 cm³/mol. The number of phenolic OH excluding ortho intramolecular Hbond substituents is 1. The number of nitrogens with two attached hydrogens (primary N) is 3. The van der Waals surface area contributed by atoms with E-state index >= 15 is 0 Å². The van der Waals surface area contributed by atoms with Crippen LogP contribution in [-0.4, -0.2) is 168 Å². The molecular formula is C51H84N14O12. The average Bonchev–Trinajstić information content (AvgIpc) is 3.86. The van der Waals surface area contributed by atoms with E-state index in [1.807, 2.05) is 0 Å². The first-order valence-corrected chi connectivity index (χ1v) is 26.2. The molecule has 26 heteroatoms. The number of amides is 11. The molecule has 1 fully saturated rings. The second-order valence-corrected chi connectivity index (χ2v) is 20.1. The number of carbonyl (C=O) groups is 11. The Morgan fingerprint density at radius 1 is 0.727 bits per heavy atom. The number of rotatable bonds is 32. The number of benzene rings is 1. The maximum atomic E-state index is 14.5. The summed E-state index contributed by atoms with van der Waals surface area (Å²) in [7, 11) is 1.41. The van der Waals surface area contributed by atoms with E-state index in [4.69, 9.17) is 17.2 Å². The Morgan fingerprint density at radius 2 is 1.31 bits per heavy atom. The molecule has 1 aromatic rings. The zero-order valence-electron chi connectivity index (χ0n) is 46.0. The number of hydrogen-bond acceptors (Lipinski definition) is 13. The highest BCUT2D eigenvalue weighted by Gasteiger charge is 2.40. The molecule has 430 valence electrons. The fourth-order valence-electron chi connectivity index (χ4n) is 8.24. The van der Waals surface area contributed by atoms with Crippen LogP contribution in [0.1, 0.15) is 112 Å². The number of nitrogens with one attached hydrogen (secondary N) is 8. The molecule has 8 atom stereocenters. The Hall–Kier alpha value is -7.54. The van der Waals surface area contributed by atoms with Crippen LogP contribution in [0, 0.1) is 17.8 Å². The molecule has 26 nitrogen and oxygen atoms in total. The lowest BCUT2D eigenvalue weighted by Gasteiger charge is -2.31. The van der Waals surface area contributed by atoms with Gasteiger partial charge in [-0.25, -0.2) is 0 Å². The summed E-state index contributed by atoms with van der Waals surface area (Å²) in [6.45, 7) is 13.3. The Balaban J connectivity index is 2.48. The van der Waals surface area contributed by atoms with Gasteiger partial charge in [0.05, 0.1) is 13.1 Å². The zero-order chi connectivity index (χ0) is 58.1. The van der Waals surface area contributed by atoms with Gasteiger partial charge >= 0.3 is 0 Å². The second kappa shape index (κ2) is 32.8. The summed E-state index contributed by atoms with van der Waals surface area (Å²) in [5, 5.41) is 31.2. The van der Waals surface area contributed by atoms with Crippen LogP contribution in [0.15, 0.2) is 29.3 Å². The highest BCUT2D eigenvalue weighted by molar-refractivity contribution is 5.98. The van der Waals surface area contributed by atoms with Crippen molar-refractivity contribution in [3.63, 3.8) is 0 Å². The van der Waals surface area contributed by atoms with Gasteiger partial charge in [0, 0.05) is 46.4 Å². The lowest BCUT2D eigenvalue weighted by Crippen LogP contribution is -2.61. The Bertz CT molecular complexity index is 2240. The van der Waals surface area contributed by atoms with Crippen molar-refractivity contribution < 1.29 is 57.8 Å². The van der Waals surface area contributed by atoms with Crippen molar-refractivity contribution in [1.82, 2.24) is 52.3 Å². The standard InChI is InChI=1S/C51H84N14O12/c1-10-30(7)43(49(76)59-35(14-12-22-56-51(53)54)50(77)65-23-13-15-38(65)47(74)55-11-2)63-44(71)34(20-21-39(52)68)58-46(73)37(25-32-16-18-33(67)19-17-32)60-45(72)36(24-28(3)4)61-48(75)42(29(5)6)62-40(69)26-57-41(70)27-64(9)31(8)66/h16-19,28-30,34-38,42-43,67H,10-15,20-27H2,1-9H3,(H2,52,68)(H,55,74)(H,57,70)(H,58,73)(H,59,76)(H,60,72)(H,61,75)(H,62,69)(H,63,71)(H4,53,54,56)/t30-,34-,35-,36+,37-,38-,42-,43-/m0/s1. The van der Waals surface area contributed by atoms with E-state index in [2.05, 4.69) is 47.5 Å². The van der Waals surface area contributed by atoms with Crippen molar-refractivity contribution in [1.29, 1.82) is 0 Å². The fraction of sp³-hybridized carbons (Fsp3) is 0.647. The number of guanidine groups is 1. The summed E-state index contributed by atoms with van der Waals surface area (Å²) in [6, 6.07) is -2.99. The third-order valence-electron chi connectivity index (χ3n) is 12.8. The first kappa shape index (κ1) is 65.6. The molecule has 11 amide bonds. The highest BCUT2D eigenvalue weighted by atomic mass is 16.3. The Kier molecular flexibility index (Phi) is 27.9. The van der Waals surface area contributed by atoms with Crippen LogP contribution in [0.5, 0.6) is 5.75 Å². The van der Waals surface area contributed by atoms with Crippen molar-refractivity contribution >= 4 is 70.9 Å². The van der Waals surface area contributed by atoms with Gasteiger partial charge in [-0.1, -0.05) is 60.1 Å². The van der Waals surface area contributed by atoms with Crippen LogP contribution in [0.25, 0.3) is 0 Å². The van der Waals surface area contributed by atoms with Gasteiger partial charge in [-0.15, -0.1) is 0 Å². The van der Waals surface area contributed by atoms with Crippen LogP contribution in [-0.2, 0) is 59.2 Å². The zero-order valence-corrected chi connectivity index (χ0v) is 46.0. The Morgan fingerprint density at radius 3 is 1.88 bits per heavy atom. The molecule has 0 radical (unpaired) electrons. The van der Waals surface area contributed by atoms with E-state index in [0.717, 1.165) is 4.90 Å². The maximum absolute atomic E-state index is 14.5. The van der Waals surface area contributed by atoms with E-state index < -0.39 is 120 Å². The summed E-state index contributed by atoms with van der Waals surface area (Å²) >= 11 is 0. The summed E-state index contributed by atoms with van der Waals surface area (Å²) in [4.78, 5) is 154. The fourth-order valence-corrected chi connectivity index (χ4v) is 8.24. The molecule has 1 aliphatic heterocycles. The monoisotopic (exact) mass is 1080 g/mol. The number of likely N-dealkylation sites (tertiary alicyclic amines) is 1. The number of likely N-dealkylation sites (N-methyl/N-ethyl adjacent to an activating group) is 2. The first-order valence-electron chi connectivity index (χ1n) is 26.2. The molecule has 0 aliphatic carbocycles. The number of primary amides is 1. The molecule has 1 aliphatic rings. The molecular weight excluding hydrogens is 1000 g/mol. The summed E-state index contributed by atoms with van der Waals surface area (Å²) < 4.78 is 0. The quantitative estimate of drug-likeness (QED) is 0.0204. The molecule has 77 heavy (non-hydrogen) atoms. The van der Waals surface area contributed by atoms with Gasteiger partial charge in [0.15, 0.2) is 5.96 Å². The van der Waals surface area contributed by atoms with Gasteiger partial charge < -0.3 is 74.6 Å². The smallest absolute Gasteiger partial charge is 0.245 e. The Labute approximate surface area is 450 Å². The highest BCUT2D eigenvalue weighted by Crippen LogP contribution is 2.21. The molecule has 2 rings (SSSR count). The lowest BCUT2D eigenvalue weighted by atomic mass is 9.96. The number of nitrogens with zero attached hydrogens (tertiary/aromatic N) is 3. The van der Waals surface area contributed by atoms with Gasteiger partial charge in [0.25, 0.3) is 0 Å². The molecule has 1 saturated heterocycles. The molecule has 1 aromatic carbocycles. The minimum atomic E-state index is -1.53. The number of hydrogen-bond donors (Lipinski definition) is 12. The summed E-state index contributed by atoms with van der Waals surface area (Å²) in [6.07, 6.45) is 0.731. The molecule has 0 saturated carbocycles. The number of carbonyl (C=O) groups excluding carboxylic acids is 11. The largest absolute Gasteiger partial charge is 0.508 e. The lowest BCUT2D eigenvalue weighted by molar-refractivity contribution is -0.142. The van der Waals surface area contributed by atoms with E-state index in [0.29, 0.717) is 31.4 Å². The molecule has 15 N–H and O–H groups in total. The molecule has 0 bridgehead atoms. The number of aliphatic imine (C=N–C) groups is 1. The molecule has 1 heterocycles. The third kappa shape index (κ3) is 23.1. The SMILES string of the molecule is CCNC(=O)[C@@H]1CCCN1C(=O)[C@H](CCCN=C(N)N)NC(=O)[C@@H](NC(=O)[C@H](CCC(N)=O)NC(=O)[C@H](Cc1ccc(O)cc1)NC(=O)[C@@H](CC(C)C)NC(=O)[C@@H](NC(=O)CNC(=O)CN(C)C(C)=O)C(C)C)[C@@H](C)CC. The number of aromatic hydroxyl groups is 1. The van der Waals surface area contributed by atoms with Crippen LogP contribution < -0.4 is 59.7 Å². The van der Waals surface area contributed by atoms with Crippen LogP contribution in [0.4, 0.5) is 0 Å². The summed E-state index contributed by atoms with van der Waals surface area (Å²) in [5.41, 5.74) is 17.0. The van der Waals surface area contributed by atoms with Crippen molar-refractivity contribution in [2.75, 3.05) is 39.8 Å². The second-order valence-electron chi connectivity index (χ2n) is 20.1. The minimum absolute atomic E-state index is 0.0574. The van der Waals surface area contributed by atoms with Crippen molar-refractivity contribution in [3.8, 4) is 5.75 Å². The van der Waals surface area contributed by atoms with Gasteiger partial charge in [-0.3, -0.25) is 57.7 Å². The average molecular weight is 1090 g/mol. The topological polar surface area (TPSA) is 401 Å². The van der Waals surface area contributed by atoms with Gasteiger partial charge in [0.2, 0.25) is 65.0 Å². The molecule has 0 unspecified atom stereocenters. The van der Waals surface area contributed by atoms with Crippen LogP contribution in [0.3, 0.4) is 0 Å². The van der Waals surface area contributed by atoms with Gasteiger partial charge in [-0.05, 0) is 80.9 Å². The predicted octanol–water partition coefficient (Wildman–Crippen LogP) is -2.37. The van der Waals surface area contributed by atoms with E-state index in [-0.39, 0.29) is 81.2 Å². The number of phenols is 1. The summed E-state index contributed by atoms with van der Waals surface area (Å²) in [5.74, 6) is -9.05. The van der Waals surface area contributed by atoms with Crippen molar-refractivity contribution in [3.05, 3.63) is 29.8 Å². The van der Waals surface area contributed by atoms with E-state index in [1.54, 1.807) is 48.5 Å². The third-order valence-corrected chi connectivity index (χ3v) is 12.8. The molecule has 0 aromatic heterocycles. The van der Waals surface area contributed by atoms with Gasteiger partial charge in [0.1, 0.15) is 48.0 Å². The van der Waals surface area contributed by atoms with Crippen LogP contribution in [0.2, 0.25) is 0 Å². The molecule has 0 spiro atoms. The normalized spacial score (nSPS) is 15.7. The first-order chi connectivity index (χ1) is 36.2. The van der Waals surface area contributed by atoms with Gasteiger partial charge in [-0.2, -0.15) is 0 Å². The van der Waals surface area contributed by atoms with Crippen LogP contribution >= 0.6 is 0 Å². The maximum Gasteiger partial charge on any atom is 0.245 e. The van der Waals surface area contributed by atoms with E-state index in [1.165, 1.54) is 43.1 Å². The van der Waals surface area contributed by atoms with Crippen molar-refractivity contribution in [2.24, 2.45) is 39.9 Å². The minimum Gasteiger partial charge on any atom is -0.508 e. The van der Waals surface area contributed by atoms with E-state index in [9.17, 15) is 57.8 Å².